The summed E-state index contributed by atoms with van der Waals surface area (Å²) in [5.41, 5.74) is 0. The highest BCUT2D eigenvalue weighted by Gasteiger charge is 2.48. The summed E-state index contributed by atoms with van der Waals surface area (Å²) in [6.45, 7) is 12.5. The Labute approximate surface area is 124 Å². The summed E-state index contributed by atoms with van der Waals surface area (Å²) >= 11 is 0. The fourth-order valence-electron chi connectivity index (χ4n) is 4.07. The molecule has 4 nitrogen and oxygen atoms in total. The zero-order valence-corrected chi connectivity index (χ0v) is 14.2. The van der Waals surface area contributed by atoms with Gasteiger partial charge in [-0.05, 0) is 52.4 Å². The first-order valence-corrected chi connectivity index (χ1v) is 10.3. The van der Waals surface area contributed by atoms with Gasteiger partial charge < -0.3 is 0 Å². The molecule has 20 heavy (non-hydrogen) atoms. The van der Waals surface area contributed by atoms with Crippen LogP contribution in [0.3, 0.4) is 0 Å². The predicted octanol–water partition coefficient (Wildman–Crippen LogP) is 1.71. The summed E-state index contributed by atoms with van der Waals surface area (Å²) in [4.78, 5) is 0. The zero-order valence-electron chi connectivity index (χ0n) is 13.4. The number of nitrogens with zero attached hydrogens (tertiary/aromatic N) is 3. The van der Waals surface area contributed by atoms with Crippen LogP contribution in [0.5, 0.6) is 0 Å². The molecule has 3 heterocycles. The molecule has 0 aromatic heterocycles. The van der Waals surface area contributed by atoms with Gasteiger partial charge in [0.05, 0.1) is 0 Å². The van der Waals surface area contributed by atoms with E-state index in [1.165, 1.54) is 77.8 Å². The van der Waals surface area contributed by atoms with Crippen molar-refractivity contribution in [1.82, 2.24) is 14.0 Å². The van der Waals surface area contributed by atoms with E-state index in [1.54, 1.807) is 0 Å². The normalized spacial score (nSPS) is 26.9. The molecule has 3 fully saturated rings. The smallest absolute Gasteiger partial charge is 0.233 e. The van der Waals surface area contributed by atoms with Gasteiger partial charge in [-0.25, -0.2) is 18.8 Å². The van der Waals surface area contributed by atoms with Crippen molar-refractivity contribution in [3.05, 3.63) is 0 Å². The average Bonchev–Trinajstić information content (AvgIpc) is 3.15. The number of hydrogen-bond donors (Lipinski definition) is 1. The fourth-order valence-corrected chi connectivity index (χ4v) is 8.84. The maximum Gasteiger partial charge on any atom is 0.310 e. The van der Waals surface area contributed by atoms with Gasteiger partial charge in [-0.15, -0.1) is 0 Å². The lowest BCUT2D eigenvalue weighted by Gasteiger charge is -2.40. The third-order valence-corrected chi connectivity index (χ3v) is 9.29. The Kier molecular flexibility index (Phi) is 4.86. The van der Waals surface area contributed by atoms with Gasteiger partial charge in [-0.1, -0.05) is 0 Å². The van der Waals surface area contributed by atoms with Crippen LogP contribution < -0.4 is 4.74 Å². The van der Waals surface area contributed by atoms with E-state index in [1.807, 2.05) is 0 Å². The molecule has 116 valence electrons. The molecule has 5 heteroatoms. The van der Waals surface area contributed by atoms with Crippen LogP contribution >= 0.6 is 7.51 Å². The third-order valence-electron chi connectivity index (χ3n) is 4.86. The van der Waals surface area contributed by atoms with E-state index in [2.05, 4.69) is 32.6 Å². The van der Waals surface area contributed by atoms with Crippen molar-refractivity contribution in [2.45, 2.75) is 58.4 Å². The molecule has 0 amide bonds. The molecule has 0 aliphatic carbocycles. The van der Waals surface area contributed by atoms with Gasteiger partial charge in [0, 0.05) is 39.3 Å². The Morgan fingerprint density at radius 3 is 1.20 bits per heavy atom. The van der Waals surface area contributed by atoms with Gasteiger partial charge >= 0.3 is 7.51 Å². The van der Waals surface area contributed by atoms with Gasteiger partial charge in [0.25, 0.3) is 0 Å². The quantitative estimate of drug-likeness (QED) is 0.800. The second-order valence-electron chi connectivity index (χ2n) is 6.83. The second-order valence-corrected chi connectivity index (χ2v) is 9.93. The van der Waals surface area contributed by atoms with Crippen LogP contribution in [0.15, 0.2) is 0 Å². The van der Waals surface area contributed by atoms with Gasteiger partial charge in [-0.3, -0.25) is 0 Å². The van der Waals surface area contributed by atoms with E-state index in [4.69, 9.17) is 0 Å². The van der Waals surface area contributed by atoms with Crippen LogP contribution in [0, 0.1) is 0 Å². The lowest BCUT2D eigenvalue weighted by atomic mass is 10.4. The molecular formula is C15H32N4P+. The first kappa shape index (κ1) is 15.0. The summed E-state index contributed by atoms with van der Waals surface area (Å²) in [6, 6.07) is 0.574. The summed E-state index contributed by atoms with van der Waals surface area (Å²) in [7, 11) is -1.45. The molecular weight excluding hydrogens is 267 g/mol. The molecule has 3 aliphatic heterocycles. The Morgan fingerprint density at radius 2 is 0.950 bits per heavy atom. The number of rotatable bonds is 4. The van der Waals surface area contributed by atoms with E-state index in [-0.39, 0.29) is 0 Å². The van der Waals surface area contributed by atoms with E-state index in [9.17, 15) is 0 Å². The van der Waals surface area contributed by atoms with Crippen LogP contribution in [0.1, 0.15) is 52.4 Å². The Balaban J connectivity index is 2.01. The van der Waals surface area contributed by atoms with Gasteiger partial charge in [0.15, 0.2) is 0 Å². The first-order valence-electron chi connectivity index (χ1n) is 8.66. The molecule has 3 rings (SSSR count). The maximum absolute atomic E-state index is 4.11. The van der Waals surface area contributed by atoms with Gasteiger partial charge in [-0.2, -0.15) is 0 Å². The van der Waals surface area contributed by atoms with Crippen molar-refractivity contribution >= 4 is 7.51 Å². The van der Waals surface area contributed by atoms with E-state index in [0.717, 1.165) is 0 Å². The highest BCUT2D eigenvalue weighted by atomic mass is 31.2. The highest BCUT2D eigenvalue weighted by molar-refractivity contribution is 7.56. The van der Waals surface area contributed by atoms with E-state index in [0.29, 0.717) is 6.04 Å². The lowest BCUT2D eigenvalue weighted by molar-refractivity contribution is -0.482. The molecule has 3 saturated heterocycles. The monoisotopic (exact) mass is 299 g/mol. The summed E-state index contributed by atoms with van der Waals surface area (Å²) in [6.07, 6.45) is 8.35. The number of nitrogens with one attached hydrogen (secondary N) is 1. The molecule has 0 spiro atoms. The minimum absolute atomic E-state index is 0.574. The topological polar surface area (TPSA) is 23.7 Å². The standard InChI is InChI=1S/C15H31N4P/c1-15(2)16-20(17-9-3-4-10-17,18-11-5-6-12-18)19-13-7-8-14-19/h15H,3-14H2,1-2H3/p+1. The van der Waals surface area contributed by atoms with Crippen LogP contribution in [-0.4, -0.2) is 59.3 Å². The molecule has 0 aromatic carbocycles. The average molecular weight is 299 g/mol. The molecule has 1 N–H and O–H groups in total. The Bertz CT molecular complexity index is 317. The Morgan fingerprint density at radius 1 is 0.650 bits per heavy atom. The zero-order chi connectivity index (χ0) is 14.0. The van der Waals surface area contributed by atoms with Gasteiger partial charge in [0.2, 0.25) is 0 Å². The molecule has 0 aromatic rings. The van der Waals surface area contributed by atoms with Crippen molar-refractivity contribution in [2.24, 2.45) is 0 Å². The van der Waals surface area contributed by atoms with Crippen molar-refractivity contribution in [3.8, 4) is 0 Å². The van der Waals surface area contributed by atoms with Gasteiger partial charge in [0.1, 0.15) is 6.04 Å². The van der Waals surface area contributed by atoms with E-state index >= 15 is 0 Å². The van der Waals surface area contributed by atoms with Crippen molar-refractivity contribution in [3.63, 3.8) is 0 Å². The fraction of sp³-hybridized carbons (Fsp3) is 1.00. The van der Waals surface area contributed by atoms with Crippen LogP contribution in [-0.2, 0) is 0 Å². The molecule has 0 saturated carbocycles. The summed E-state index contributed by atoms with van der Waals surface area (Å²) in [5, 5.41) is 0. The molecule has 0 bridgehead atoms. The maximum atomic E-state index is 4.11. The number of hydrogen-bond acceptors (Lipinski definition) is 0. The van der Waals surface area contributed by atoms with Crippen LogP contribution in [0.4, 0.5) is 0 Å². The van der Waals surface area contributed by atoms with Crippen LogP contribution in [0.2, 0.25) is 0 Å². The lowest BCUT2D eigenvalue weighted by Crippen LogP contribution is -2.77. The summed E-state index contributed by atoms with van der Waals surface area (Å²) in [5.74, 6) is 0. The molecule has 0 unspecified atom stereocenters. The van der Waals surface area contributed by atoms with Crippen molar-refractivity contribution in [1.29, 1.82) is 0 Å². The van der Waals surface area contributed by atoms with Crippen molar-refractivity contribution < 1.29 is 4.74 Å². The SMILES string of the molecule is CC(C)[NH+]=P(N1CCCC1)(N1CCCC1)N1CCCC1. The largest absolute Gasteiger partial charge is 0.310 e. The molecule has 0 atom stereocenters. The molecule has 3 aliphatic rings. The predicted molar refractivity (Wildman–Crippen MR) is 85.4 cm³/mol. The van der Waals surface area contributed by atoms with Crippen molar-refractivity contribution in [2.75, 3.05) is 39.3 Å². The minimum atomic E-state index is -1.45. The third kappa shape index (κ3) is 2.72. The molecule has 0 radical (unpaired) electrons. The second kappa shape index (κ2) is 6.48. The van der Waals surface area contributed by atoms with E-state index < -0.39 is 7.51 Å². The highest BCUT2D eigenvalue weighted by Crippen LogP contribution is 2.57. The summed E-state index contributed by atoms with van der Waals surface area (Å²) < 4.78 is 12.7. The first-order chi connectivity index (χ1) is 9.73. The minimum Gasteiger partial charge on any atom is -0.233 e. The van der Waals surface area contributed by atoms with Crippen LogP contribution in [0.25, 0.3) is 0 Å². The Hall–Kier alpha value is 0.110.